The molecule has 0 aliphatic rings. The number of hydrogen-bond donors (Lipinski definition) is 2. The van der Waals surface area contributed by atoms with Crippen LogP contribution in [0.3, 0.4) is 0 Å². The van der Waals surface area contributed by atoms with Crippen molar-refractivity contribution in [1.82, 2.24) is 9.55 Å². The average molecular weight is 422 g/mol. The van der Waals surface area contributed by atoms with Gasteiger partial charge in [-0.2, -0.15) is 0 Å². The summed E-state index contributed by atoms with van der Waals surface area (Å²) < 4.78 is 6.01. The number of H-pyrrole nitrogens is 1. The first-order valence-electron chi connectivity index (χ1n) is 7.95. The molecule has 2 N–H and O–H groups in total. The van der Waals surface area contributed by atoms with Crippen molar-refractivity contribution >= 4 is 22.6 Å². The van der Waals surface area contributed by atoms with Gasteiger partial charge in [0.15, 0.2) is 0 Å². The smallest absolute Gasteiger partial charge is 0.812 e. The topological polar surface area (TPSA) is 140 Å². The van der Waals surface area contributed by atoms with Gasteiger partial charge >= 0.3 is 63.0 Å². The quantitative estimate of drug-likeness (QED) is 0.266. The predicted octanol–water partition coefficient (Wildman–Crippen LogP) is -2.43. The Labute approximate surface area is 209 Å². The third-order valence-corrected chi connectivity index (χ3v) is 3.64. The molecule has 9 nitrogen and oxygen atoms in total. The molecular formula is C19H19KN4O5. The number of rotatable bonds is 2. The Bertz CT molecular complexity index is 1100. The van der Waals surface area contributed by atoms with Crippen molar-refractivity contribution in [2.24, 2.45) is 7.05 Å². The number of ether oxygens (including phenoxy) is 1. The van der Waals surface area contributed by atoms with Crippen LogP contribution in [0, 0.1) is 11.5 Å². The molecule has 0 fully saturated rings. The van der Waals surface area contributed by atoms with E-state index in [0.717, 1.165) is 5.69 Å². The first kappa shape index (κ1) is 26.6. The molecule has 0 aliphatic carbocycles. The van der Waals surface area contributed by atoms with Crippen LogP contribution in [0.5, 0.6) is 0 Å². The largest absolute Gasteiger partial charge is 1.00 e. The van der Waals surface area contributed by atoms with Crippen LogP contribution in [-0.2, 0) is 11.8 Å². The van der Waals surface area contributed by atoms with Crippen molar-refractivity contribution in [3.05, 3.63) is 74.9 Å². The summed E-state index contributed by atoms with van der Waals surface area (Å²) in [7, 11) is 4.76. The molecule has 0 atom stereocenters. The zero-order valence-corrected chi connectivity index (χ0v) is 19.7. The van der Waals surface area contributed by atoms with Crippen LogP contribution in [0.4, 0.5) is 5.69 Å². The normalized spacial score (nSPS) is 8.76. The summed E-state index contributed by atoms with van der Waals surface area (Å²) in [4.78, 5) is 35.8. The number of nitrogens with one attached hydrogen (secondary N) is 2. The maximum absolute atomic E-state index is 11.3. The third-order valence-electron chi connectivity index (χ3n) is 3.64. The summed E-state index contributed by atoms with van der Waals surface area (Å²) in [5.74, 6) is -0.319. The van der Waals surface area contributed by atoms with Crippen molar-refractivity contribution in [1.29, 1.82) is 5.26 Å². The summed E-state index contributed by atoms with van der Waals surface area (Å²) in [6.45, 7) is 0. The Kier molecular flexibility index (Phi) is 12.6. The third kappa shape index (κ3) is 7.49. The number of aromatic amines is 1. The minimum atomic E-state index is -0.385. The second-order valence-corrected chi connectivity index (χ2v) is 5.21. The van der Waals surface area contributed by atoms with Crippen LogP contribution < -0.4 is 73.1 Å². The van der Waals surface area contributed by atoms with Crippen LogP contribution in [0.2, 0.25) is 0 Å². The molecule has 0 amide bonds. The predicted molar refractivity (Wildman–Crippen MR) is 103 cm³/mol. The number of para-hydroxylation sites is 2. The molecule has 2 aromatic carbocycles. The van der Waals surface area contributed by atoms with Gasteiger partial charge in [0, 0.05) is 26.0 Å². The van der Waals surface area contributed by atoms with Gasteiger partial charge in [-0.25, -0.2) is 14.9 Å². The first-order valence-corrected chi connectivity index (χ1v) is 7.95. The van der Waals surface area contributed by atoms with Crippen LogP contribution >= 0.6 is 0 Å². The van der Waals surface area contributed by atoms with Crippen molar-refractivity contribution in [2.45, 2.75) is 0 Å². The van der Waals surface area contributed by atoms with Crippen LogP contribution in [0.15, 0.2) is 58.1 Å². The number of aryl methyl sites for hydroxylation is 1. The fraction of sp³-hybridized carbons (Fsp3) is 0.158. The minimum absolute atomic E-state index is 0. The number of anilines is 1. The van der Waals surface area contributed by atoms with E-state index < -0.39 is 0 Å². The second-order valence-electron chi connectivity index (χ2n) is 5.21. The van der Waals surface area contributed by atoms with Gasteiger partial charge in [-0.3, -0.25) is 14.3 Å². The minimum Gasteiger partial charge on any atom is -0.812 e. The molecule has 0 unspecified atom stereocenters. The van der Waals surface area contributed by atoms with E-state index in [-0.39, 0.29) is 68.6 Å². The van der Waals surface area contributed by atoms with E-state index in [1.54, 1.807) is 50.5 Å². The molecule has 0 aliphatic heterocycles. The molecule has 0 radical (unpaired) electrons. The molecular weight excluding hydrogens is 403 g/mol. The molecule has 3 rings (SSSR count). The van der Waals surface area contributed by atoms with Crippen molar-refractivity contribution in [3.63, 3.8) is 0 Å². The Morgan fingerprint density at radius 2 is 1.72 bits per heavy atom. The molecule has 3 aromatic rings. The Morgan fingerprint density at radius 1 is 1.17 bits per heavy atom. The average Bonchev–Trinajstić information content (AvgIpc) is 2.72. The number of carbonyl (C=O) groups is 1. The number of nitrogens with zero attached hydrogens (tertiary/aromatic N) is 2. The molecule has 1 aromatic heterocycles. The van der Waals surface area contributed by atoms with Gasteiger partial charge in [-0.1, -0.05) is 24.3 Å². The number of hydrogen-bond acceptors (Lipinski definition) is 7. The van der Waals surface area contributed by atoms with Gasteiger partial charge in [0.05, 0.1) is 23.6 Å². The van der Waals surface area contributed by atoms with Gasteiger partial charge < -0.3 is 15.2 Å². The molecule has 0 bridgehead atoms. The molecule has 0 saturated heterocycles. The molecule has 1 heterocycles. The van der Waals surface area contributed by atoms with Gasteiger partial charge in [-0.05, 0) is 24.3 Å². The van der Waals surface area contributed by atoms with Gasteiger partial charge in [0.2, 0.25) is 0 Å². The summed E-state index contributed by atoms with van der Waals surface area (Å²) in [6.07, 6.45) is 0.500. The summed E-state index contributed by atoms with van der Waals surface area (Å²) in [5, 5.41) is 18.4. The van der Waals surface area contributed by atoms with E-state index in [2.05, 4.69) is 15.0 Å². The zero-order valence-electron chi connectivity index (χ0n) is 16.6. The van der Waals surface area contributed by atoms with Crippen molar-refractivity contribution in [2.75, 3.05) is 19.5 Å². The van der Waals surface area contributed by atoms with E-state index >= 15 is 0 Å². The summed E-state index contributed by atoms with van der Waals surface area (Å²) in [6, 6.07) is 14.2. The fourth-order valence-electron chi connectivity index (χ4n) is 2.30. The van der Waals surface area contributed by atoms with Crippen molar-refractivity contribution in [3.8, 4) is 6.26 Å². The fourth-order valence-corrected chi connectivity index (χ4v) is 2.30. The summed E-state index contributed by atoms with van der Waals surface area (Å²) in [5.41, 5.74) is 1.27. The van der Waals surface area contributed by atoms with Crippen LogP contribution in [-0.4, -0.2) is 29.7 Å². The van der Waals surface area contributed by atoms with Crippen LogP contribution in [0.1, 0.15) is 10.4 Å². The monoisotopic (exact) mass is 422 g/mol. The van der Waals surface area contributed by atoms with E-state index in [0.29, 0.717) is 22.7 Å². The molecule has 0 spiro atoms. The van der Waals surface area contributed by atoms with E-state index in [1.165, 1.54) is 11.7 Å². The zero-order chi connectivity index (χ0) is 21.1. The number of fused-ring (bicyclic) bond motifs is 1. The number of methoxy groups -OCH3 is 1. The van der Waals surface area contributed by atoms with Gasteiger partial charge in [0.1, 0.15) is 0 Å². The number of carbonyl (C=O) groups excluding carboxylic acids is 1. The molecule has 0 saturated carbocycles. The SMILES string of the molecule is CNc1ccccc1C(=O)OC.Cn1c(=O)[nH]c(=O)c2ccccc21.N#C[O-].[K+]. The second kappa shape index (κ2) is 13.7. The summed E-state index contributed by atoms with van der Waals surface area (Å²) >= 11 is 0. The van der Waals surface area contributed by atoms with Crippen molar-refractivity contribution < 1.29 is 66.0 Å². The maximum Gasteiger partial charge on any atom is 1.00 e. The Morgan fingerprint density at radius 3 is 2.31 bits per heavy atom. The van der Waals surface area contributed by atoms with Gasteiger partial charge in [-0.15, -0.1) is 0 Å². The number of aromatic nitrogens is 2. The molecule has 10 heteroatoms. The maximum atomic E-state index is 11.3. The van der Waals surface area contributed by atoms with E-state index in [1.807, 2.05) is 12.1 Å². The molecule has 29 heavy (non-hydrogen) atoms. The van der Waals surface area contributed by atoms with Crippen LogP contribution in [0.25, 0.3) is 10.9 Å². The number of nitriles is 1. The number of esters is 1. The first-order chi connectivity index (χ1) is 13.4. The number of benzene rings is 2. The van der Waals surface area contributed by atoms with Gasteiger partial charge in [0.25, 0.3) is 5.56 Å². The molecule has 146 valence electrons. The van der Waals surface area contributed by atoms with E-state index in [4.69, 9.17) is 10.4 Å². The standard InChI is InChI=1S/C9H8N2O2.C9H11NO2.CHNO.K/c1-11-7-5-3-2-4-6(7)8(12)10-9(11)13;1-10-8-6-4-3-5-7(8)9(11)12-2;2-1-3;/h2-5H,1H3,(H,10,12,13);3-6,10H,1-2H3;3H;/q;;;+1/p-1. The Balaban J connectivity index is 0.000000464. The Hall–Kier alpha value is -2.42. The van der Waals surface area contributed by atoms with E-state index in [9.17, 15) is 14.4 Å².